The third kappa shape index (κ3) is 3.23. The standard InChI is InChI=1S/C19H20N4O5S/c1-12-18(13(2)28-21-12)29(26,27)23-9-15-8-22(10-17(15)20-23)19(25)16(11-24)14-6-4-3-5-7-14/h3-7,9,16,24H,8,10-11H2,1-2H3/t16-/m1/s1. The third-order valence-electron chi connectivity index (χ3n) is 5.02. The summed E-state index contributed by atoms with van der Waals surface area (Å²) in [6.07, 6.45) is 1.42. The monoisotopic (exact) mass is 416 g/mol. The van der Waals surface area contributed by atoms with Crippen LogP contribution in [0.3, 0.4) is 0 Å². The van der Waals surface area contributed by atoms with Crippen molar-refractivity contribution in [2.24, 2.45) is 0 Å². The second kappa shape index (κ2) is 7.12. The van der Waals surface area contributed by atoms with E-state index in [9.17, 15) is 18.3 Å². The molecule has 1 aliphatic rings. The van der Waals surface area contributed by atoms with Crippen LogP contribution in [0, 0.1) is 13.8 Å². The number of aromatic nitrogens is 3. The summed E-state index contributed by atoms with van der Waals surface area (Å²) in [5, 5.41) is 17.6. The number of carbonyl (C=O) groups is 1. The maximum absolute atomic E-state index is 12.9. The molecule has 1 aliphatic heterocycles. The molecule has 9 nitrogen and oxygen atoms in total. The summed E-state index contributed by atoms with van der Waals surface area (Å²) in [5.41, 5.74) is 2.16. The second-order valence-corrected chi connectivity index (χ2v) is 8.70. The van der Waals surface area contributed by atoms with Gasteiger partial charge in [0.05, 0.1) is 24.8 Å². The molecule has 1 aromatic carbocycles. The van der Waals surface area contributed by atoms with Gasteiger partial charge in [0.15, 0.2) is 10.7 Å². The first-order chi connectivity index (χ1) is 13.8. The number of aliphatic hydroxyl groups excluding tert-OH is 1. The predicted molar refractivity (Wildman–Crippen MR) is 101 cm³/mol. The fourth-order valence-electron chi connectivity index (χ4n) is 3.57. The Balaban J connectivity index is 1.57. The van der Waals surface area contributed by atoms with Gasteiger partial charge in [-0.3, -0.25) is 4.79 Å². The van der Waals surface area contributed by atoms with Crippen molar-refractivity contribution < 1.29 is 22.8 Å². The minimum atomic E-state index is -3.93. The molecule has 0 radical (unpaired) electrons. The molecule has 4 rings (SSSR count). The van der Waals surface area contributed by atoms with E-state index in [0.717, 1.165) is 9.65 Å². The first-order valence-corrected chi connectivity index (χ1v) is 10.5. The summed E-state index contributed by atoms with van der Waals surface area (Å²) in [6.45, 7) is 3.19. The van der Waals surface area contributed by atoms with E-state index in [-0.39, 0.29) is 42.0 Å². The van der Waals surface area contributed by atoms with E-state index in [1.54, 1.807) is 24.0 Å². The van der Waals surface area contributed by atoms with Gasteiger partial charge in [-0.2, -0.15) is 17.6 Å². The van der Waals surface area contributed by atoms with Crippen LogP contribution in [-0.2, 0) is 27.9 Å². The minimum Gasteiger partial charge on any atom is -0.395 e. The SMILES string of the molecule is Cc1noc(C)c1S(=O)(=O)n1cc2c(n1)CN(C(=O)[C@H](CO)c1ccccc1)C2. The van der Waals surface area contributed by atoms with E-state index >= 15 is 0 Å². The number of carbonyl (C=O) groups excluding carboxylic acids is 1. The predicted octanol–water partition coefficient (Wildman–Crippen LogP) is 1.34. The molecule has 0 bridgehead atoms. The van der Waals surface area contributed by atoms with Crippen molar-refractivity contribution in [2.45, 2.75) is 37.8 Å². The Hall–Kier alpha value is -2.98. The largest absolute Gasteiger partial charge is 0.395 e. The molecule has 0 fully saturated rings. The van der Waals surface area contributed by atoms with Gasteiger partial charge in [-0.05, 0) is 19.4 Å². The number of rotatable bonds is 5. The van der Waals surface area contributed by atoms with Gasteiger partial charge < -0.3 is 14.5 Å². The molecule has 0 unspecified atom stereocenters. The van der Waals surface area contributed by atoms with Crippen LogP contribution in [0.5, 0.6) is 0 Å². The number of aryl methyl sites for hydroxylation is 2. The van der Waals surface area contributed by atoms with Crippen molar-refractivity contribution in [1.29, 1.82) is 0 Å². The summed E-state index contributed by atoms with van der Waals surface area (Å²) in [7, 11) is -3.93. The zero-order valence-electron chi connectivity index (χ0n) is 15.9. The molecule has 1 amide bonds. The van der Waals surface area contributed by atoms with Crippen LogP contribution in [0.1, 0.15) is 34.2 Å². The maximum Gasteiger partial charge on any atom is 0.288 e. The molecule has 152 valence electrons. The Morgan fingerprint density at radius 2 is 1.97 bits per heavy atom. The number of amides is 1. The molecular weight excluding hydrogens is 396 g/mol. The average molecular weight is 416 g/mol. The van der Waals surface area contributed by atoms with Gasteiger partial charge in [-0.1, -0.05) is 35.5 Å². The molecule has 0 saturated heterocycles. The van der Waals surface area contributed by atoms with Crippen LogP contribution in [0.15, 0.2) is 45.9 Å². The number of fused-ring (bicyclic) bond motifs is 1. The van der Waals surface area contributed by atoms with Gasteiger partial charge in [0, 0.05) is 18.3 Å². The number of benzene rings is 1. The molecule has 0 aliphatic carbocycles. The Labute approximate surface area is 167 Å². The van der Waals surface area contributed by atoms with Crippen LogP contribution in [-0.4, -0.2) is 45.3 Å². The lowest BCUT2D eigenvalue weighted by Gasteiger charge is -2.22. The summed E-state index contributed by atoms with van der Waals surface area (Å²) < 4.78 is 31.6. The van der Waals surface area contributed by atoms with Gasteiger partial charge >= 0.3 is 0 Å². The third-order valence-corrected chi connectivity index (χ3v) is 6.80. The Bertz CT molecular complexity index is 1120. The Kier molecular flexibility index (Phi) is 4.75. The normalized spacial score (nSPS) is 14.8. The lowest BCUT2D eigenvalue weighted by atomic mass is 9.98. The molecule has 2 aromatic heterocycles. The molecule has 3 heterocycles. The lowest BCUT2D eigenvalue weighted by molar-refractivity contribution is -0.134. The van der Waals surface area contributed by atoms with E-state index in [1.165, 1.54) is 13.1 Å². The summed E-state index contributed by atoms with van der Waals surface area (Å²) in [4.78, 5) is 14.5. The Morgan fingerprint density at radius 1 is 1.24 bits per heavy atom. The quantitative estimate of drug-likeness (QED) is 0.667. The van der Waals surface area contributed by atoms with Crippen molar-refractivity contribution in [3.63, 3.8) is 0 Å². The van der Waals surface area contributed by atoms with Crippen molar-refractivity contribution in [3.05, 3.63) is 64.8 Å². The van der Waals surface area contributed by atoms with Crippen molar-refractivity contribution in [3.8, 4) is 0 Å². The zero-order chi connectivity index (χ0) is 20.8. The summed E-state index contributed by atoms with van der Waals surface area (Å²) in [5.74, 6) is -0.696. The first-order valence-electron chi connectivity index (χ1n) is 9.03. The van der Waals surface area contributed by atoms with Gasteiger partial charge in [0.1, 0.15) is 5.69 Å². The highest BCUT2D eigenvalue weighted by molar-refractivity contribution is 7.90. The summed E-state index contributed by atoms with van der Waals surface area (Å²) >= 11 is 0. The van der Waals surface area contributed by atoms with Gasteiger partial charge in [-0.15, -0.1) is 0 Å². The molecule has 1 N–H and O–H groups in total. The molecule has 0 saturated carbocycles. The highest BCUT2D eigenvalue weighted by Gasteiger charge is 2.34. The van der Waals surface area contributed by atoms with Crippen molar-refractivity contribution >= 4 is 15.9 Å². The molecule has 0 spiro atoms. The van der Waals surface area contributed by atoms with Crippen molar-refractivity contribution in [1.82, 2.24) is 19.2 Å². The topological polar surface area (TPSA) is 119 Å². The number of hydrogen-bond acceptors (Lipinski definition) is 7. The van der Waals surface area contributed by atoms with E-state index in [4.69, 9.17) is 4.52 Å². The van der Waals surface area contributed by atoms with Gasteiger partial charge in [0.25, 0.3) is 10.0 Å². The summed E-state index contributed by atoms with van der Waals surface area (Å²) in [6, 6.07) is 9.06. The second-order valence-electron chi connectivity index (χ2n) is 6.97. The Morgan fingerprint density at radius 3 is 2.55 bits per heavy atom. The molecule has 10 heteroatoms. The van der Waals surface area contributed by atoms with E-state index in [0.29, 0.717) is 11.3 Å². The van der Waals surface area contributed by atoms with Crippen molar-refractivity contribution in [2.75, 3.05) is 6.61 Å². The van der Waals surface area contributed by atoms with Gasteiger partial charge in [0.2, 0.25) is 5.91 Å². The van der Waals surface area contributed by atoms with E-state index in [2.05, 4.69) is 10.3 Å². The maximum atomic E-state index is 12.9. The van der Waals surface area contributed by atoms with Crippen LogP contribution in [0.2, 0.25) is 0 Å². The molecular formula is C19H20N4O5S. The van der Waals surface area contributed by atoms with Crippen LogP contribution < -0.4 is 0 Å². The van der Waals surface area contributed by atoms with Crippen LogP contribution in [0.4, 0.5) is 0 Å². The minimum absolute atomic E-state index is 0.00368. The zero-order valence-corrected chi connectivity index (χ0v) is 16.8. The smallest absolute Gasteiger partial charge is 0.288 e. The van der Waals surface area contributed by atoms with E-state index in [1.807, 2.05) is 18.2 Å². The number of nitrogens with zero attached hydrogens (tertiary/aromatic N) is 4. The highest BCUT2D eigenvalue weighted by atomic mass is 32.2. The lowest BCUT2D eigenvalue weighted by Crippen LogP contribution is -2.33. The van der Waals surface area contributed by atoms with E-state index < -0.39 is 15.9 Å². The molecule has 3 aromatic rings. The average Bonchev–Trinajstić information content (AvgIpc) is 3.36. The molecule has 29 heavy (non-hydrogen) atoms. The molecule has 1 atom stereocenters. The fraction of sp³-hybridized carbons (Fsp3) is 0.316. The van der Waals surface area contributed by atoms with Crippen LogP contribution >= 0.6 is 0 Å². The highest BCUT2D eigenvalue weighted by Crippen LogP contribution is 2.28. The fourth-order valence-corrected chi connectivity index (χ4v) is 5.04. The number of hydrogen-bond donors (Lipinski definition) is 1. The van der Waals surface area contributed by atoms with Gasteiger partial charge in [-0.25, -0.2) is 0 Å². The van der Waals surface area contributed by atoms with Crippen LogP contribution in [0.25, 0.3) is 0 Å². The first kappa shape index (κ1) is 19.3. The number of aliphatic hydroxyl groups is 1.